The summed E-state index contributed by atoms with van der Waals surface area (Å²) < 4.78 is 0.999. The molecule has 2 rings (SSSR count). The Morgan fingerprint density at radius 3 is 1.00 bits per heavy atom. The van der Waals surface area contributed by atoms with Crippen LogP contribution in [0.25, 0.3) is 0 Å². The van der Waals surface area contributed by atoms with Crippen LogP contribution in [0.4, 0.5) is 0 Å². The Bertz CT molecular complexity index is 666. The molecule has 2 aliphatic rings. The number of hydrogen-bond acceptors (Lipinski definition) is 0. The smallest absolute Gasteiger partial charge is 1.00 e. The molecule has 0 radical (unpaired) electrons. The van der Waals surface area contributed by atoms with E-state index in [1.807, 2.05) is 0 Å². The minimum absolute atomic E-state index is 0. The van der Waals surface area contributed by atoms with Crippen LogP contribution in [0.5, 0.6) is 0 Å². The van der Waals surface area contributed by atoms with E-state index in [2.05, 4.69) is 115 Å². The maximum absolute atomic E-state index is 2.84. The molecule has 0 heterocycles. The third-order valence-corrected chi connectivity index (χ3v) is 43.2. The predicted molar refractivity (Wildman–Crippen MR) is 133 cm³/mol. The standard InChI is InChI=1S/2C11H21Si2.2ClH.U/c2*1-12(2,3)10-7-8-11(9-10)13(4,5)6;;;/h2*7-9H,1-6H3;2*1H;/q;;;;+2/p-2. The van der Waals surface area contributed by atoms with Crippen molar-refractivity contribution in [2.24, 2.45) is 0 Å². The van der Waals surface area contributed by atoms with Crippen LogP contribution in [0.3, 0.4) is 0 Å². The molecular formula is C22H42Cl2Si4U. The van der Waals surface area contributed by atoms with Gasteiger partial charge >= 0.3 is 190 Å². The Balaban J connectivity index is 0.00000392. The summed E-state index contributed by atoms with van der Waals surface area (Å²) in [6.07, 6.45) is 16.3. The zero-order valence-corrected chi connectivity index (χ0v) is 30.4. The quantitative estimate of drug-likeness (QED) is 0.368. The summed E-state index contributed by atoms with van der Waals surface area (Å²) >= 11 is -1.25. The second-order valence-electron chi connectivity index (χ2n) is 12.7. The topological polar surface area (TPSA) is 0 Å². The van der Waals surface area contributed by atoms with Crippen LogP contribution in [0.15, 0.2) is 46.8 Å². The SMILES string of the molecule is C[Si](C)(C)C1=C[C]([U+2][C]2([Si](C)(C)C)C=CC([Si](C)(C)C)=C2)([Si](C)(C)C)C=C1.[Cl-].[Cl-]. The first-order valence-electron chi connectivity index (χ1n) is 10.5. The molecule has 0 N–H and O–H groups in total. The number of halogens is 2. The van der Waals surface area contributed by atoms with Gasteiger partial charge < -0.3 is 24.8 Å². The van der Waals surface area contributed by atoms with E-state index < -0.39 is 60.0 Å². The van der Waals surface area contributed by atoms with E-state index in [0.717, 1.165) is 0 Å². The molecular weight excluding hydrogens is 686 g/mol. The molecule has 164 valence electrons. The normalized spacial score (nSPS) is 27.0. The number of allylic oxidation sites excluding steroid dienone is 8. The van der Waals surface area contributed by atoms with Crippen molar-refractivity contribution in [1.29, 1.82) is 0 Å². The van der Waals surface area contributed by atoms with Crippen molar-refractivity contribution in [3.05, 3.63) is 46.8 Å². The first kappa shape index (κ1) is 30.5. The minimum atomic E-state index is -1.33. The molecule has 0 aromatic rings. The van der Waals surface area contributed by atoms with Crippen molar-refractivity contribution in [3.63, 3.8) is 0 Å². The Kier molecular flexibility index (Phi) is 9.84. The van der Waals surface area contributed by atoms with Gasteiger partial charge in [0.15, 0.2) is 0 Å². The van der Waals surface area contributed by atoms with E-state index in [1.54, 1.807) is 10.4 Å². The van der Waals surface area contributed by atoms with Gasteiger partial charge in [-0.1, -0.05) is 0 Å². The minimum Gasteiger partial charge on any atom is -1.00 e. The summed E-state index contributed by atoms with van der Waals surface area (Å²) in [7, 11) is -5.16. The molecule has 2 unspecified atom stereocenters. The molecule has 0 aliphatic heterocycles. The van der Waals surface area contributed by atoms with E-state index >= 15 is 0 Å². The Morgan fingerprint density at radius 1 is 0.552 bits per heavy atom. The van der Waals surface area contributed by atoms with Gasteiger partial charge in [0.25, 0.3) is 0 Å². The Morgan fingerprint density at radius 2 is 0.828 bits per heavy atom. The van der Waals surface area contributed by atoms with Gasteiger partial charge in [0.1, 0.15) is 0 Å². The first-order chi connectivity index (χ1) is 11.8. The first-order valence-corrected chi connectivity index (χ1v) is 28.6. The summed E-state index contributed by atoms with van der Waals surface area (Å²) in [6, 6.07) is 0. The average Bonchev–Trinajstić information content (AvgIpc) is 3.02. The Labute approximate surface area is 212 Å². The fourth-order valence-corrected chi connectivity index (χ4v) is 31.5. The molecule has 0 saturated heterocycles. The molecule has 0 aromatic heterocycles. The van der Waals surface area contributed by atoms with E-state index in [9.17, 15) is 0 Å². The molecule has 0 spiro atoms. The second-order valence-corrected chi connectivity index (χ2v) is 45.6. The van der Waals surface area contributed by atoms with Crippen molar-refractivity contribution in [2.45, 2.75) is 82.7 Å². The third kappa shape index (κ3) is 6.28. The van der Waals surface area contributed by atoms with Crippen LogP contribution in [0, 0.1) is 27.7 Å². The summed E-state index contributed by atoms with van der Waals surface area (Å²) in [5.74, 6) is 0. The molecule has 29 heavy (non-hydrogen) atoms. The Hall–Kier alpha value is 1.46. The van der Waals surface area contributed by atoms with Crippen molar-refractivity contribution in [3.8, 4) is 0 Å². The van der Waals surface area contributed by atoms with Gasteiger partial charge in [0, 0.05) is 0 Å². The third-order valence-electron chi connectivity index (χ3n) is 6.45. The van der Waals surface area contributed by atoms with Gasteiger partial charge in [-0.3, -0.25) is 0 Å². The maximum atomic E-state index is 2.84. The molecule has 0 nitrogen and oxygen atoms in total. The molecule has 0 saturated carbocycles. The summed E-state index contributed by atoms with van der Waals surface area (Å²) in [6.45, 7) is 30.9. The molecule has 0 aromatic carbocycles. The van der Waals surface area contributed by atoms with Crippen LogP contribution < -0.4 is 24.8 Å². The second kappa shape index (κ2) is 9.37. The monoisotopic (exact) mass is 726 g/mol. The van der Waals surface area contributed by atoms with Crippen LogP contribution in [0.1, 0.15) is 0 Å². The van der Waals surface area contributed by atoms with Crippen molar-refractivity contribution < 1.29 is 52.5 Å². The van der Waals surface area contributed by atoms with Crippen LogP contribution >= 0.6 is 0 Å². The average molecular weight is 728 g/mol. The largest absolute Gasteiger partial charge is 1.00 e. The fraction of sp³-hybridized carbons (Fsp3) is 0.636. The van der Waals surface area contributed by atoms with Gasteiger partial charge in [0.05, 0.1) is 0 Å². The van der Waals surface area contributed by atoms with Gasteiger partial charge in [-0.05, 0) is 0 Å². The van der Waals surface area contributed by atoms with E-state index in [4.69, 9.17) is 0 Å². The van der Waals surface area contributed by atoms with E-state index in [1.165, 1.54) is 0 Å². The number of hydrogen-bond donors (Lipinski definition) is 0. The summed E-state index contributed by atoms with van der Waals surface area (Å²) in [4.78, 5) is 0. The van der Waals surface area contributed by atoms with Gasteiger partial charge in [-0.25, -0.2) is 0 Å². The van der Waals surface area contributed by atoms with Crippen molar-refractivity contribution in [1.82, 2.24) is 0 Å². The van der Waals surface area contributed by atoms with Crippen LogP contribution in [-0.2, 0) is 0 Å². The zero-order valence-electron chi connectivity index (χ0n) is 20.7. The molecule has 0 bridgehead atoms. The van der Waals surface area contributed by atoms with Crippen molar-refractivity contribution in [2.75, 3.05) is 0 Å². The van der Waals surface area contributed by atoms with Crippen molar-refractivity contribution >= 4 is 32.3 Å². The summed E-state index contributed by atoms with van der Waals surface area (Å²) in [5, 5.41) is 3.45. The van der Waals surface area contributed by atoms with Gasteiger partial charge in [-0.15, -0.1) is 0 Å². The van der Waals surface area contributed by atoms with Gasteiger partial charge in [-0.2, -0.15) is 0 Å². The van der Waals surface area contributed by atoms with E-state index in [-0.39, 0.29) is 24.8 Å². The van der Waals surface area contributed by atoms with E-state index in [0.29, 0.717) is 4.14 Å². The zero-order chi connectivity index (χ0) is 21.1. The fourth-order valence-electron chi connectivity index (χ4n) is 3.86. The molecule has 0 fully saturated rings. The molecule has 2 aliphatic carbocycles. The maximum Gasteiger partial charge on any atom is -1.00 e. The predicted octanol–water partition coefficient (Wildman–Crippen LogP) is 1.90. The van der Waals surface area contributed by atoms with Gasteiger partial charge in [0.2, 0.25) is 0 Å². The summed E-state index contributed by atoms with van der Waals surface area (Å²) in [5.41, 5.74) is 0. The van der Waals surface area contributed by atoms with Crippen LogP contribution in [-0.4, -0.2) is 32.3 Å². The molecule has 7 heteroatoms. The molecule has 0 amide bonds. The molecule has 2 atom stereocenters. The van der Waals surface area contributed by atoms with Crippen LogP contribution in [0.2, 0.25) is 82.7 Å². The number of rotatable bonds is 6.